The zero-order chi connectivity index (χ0) is 19.7. The van der Waals surface area contributed by atoms with Crippen molar-refractivity contribution in [2.45, 2.75) is 65.1 Å². The van der Waals surface area contributed by atoms with Crippen LogP contribution in [0.5, 0.6) is 0 Å². The van der Waals surface area contributed by atoms with Crippen LogP contribution in [0.1, 0.15) is 52.7 Å². The van der Waals surface area contributed by atoms with E-state index in [2.05, 4.69) is 9.47 Å². The van der Waals surface area contributed by atoms with Gasteiger partial charge in [-0.25, -0.2) is 14.4 Å². The second kappa shape index (κ2) is 20.6. The van der Waals surface area contributed by atoms with Gasteiger partial charge in [0.05, 0.1) is 6.42 Å². The van der Waals surface area contributed by atoms with Crippen molar-refractivity contribution in [1.29, 1.82) is 0 Å². The summed E-state index contributed by atoms with van der Waals surface area (Å²) >= 11 is 0. The first-order valence-corrected chi connectivity index (χ1v) is 8.20. The van der Waals surface area contributed by atoms with Crippen LogP contribution in [-0.2, 0) is 62.8 Å². The summed E-state index contributed by atoms with van der Waals surface area (Å²) in [6.45, 7) is 7.44. The van der Waals surface area contributed by atoms with E-state index in [0.29, 0.717) is 12.8 Å². The van der Waals surface area contributed by atoms with Crippen LogP contribution in [0.15, 0.2) is 0 Å². The number of hydrogen-bond donors (Lipinski definition) is 3. The molecule has 0 aromatic heterocycles. The SMILES string of the molecule is CC(C)C[C@H](N)C(=O)OC(=O)C[C@H](N)C(=O)OC(=O)[C@@H](N)CC(C)C.[Fe].[Fe].[H-].[H-].[H-].[H-].[Mg+2].[Mg+2]. The van der Waals surface area contributed by atoms with Gasteiger partial charge in [-0.2, -0.15) is 0 Å². The minimum Gasteiger partial charge on any atom is -1.00 e. The molecule has 0 unspecified atom stereocenters. The molecule has 0 aliphatic rings. The monoisotopic (exact) mass is 523 g/mol. The molecule has 0 heterocycles. The van der Waals surface area contributed by atoms with Gasteiger partial charge in [-0.15, -0.1) is 0 Å². The van der Waals surface area contributed by atoms with Crippen LogP contribution in [0, 0.1) is 11.8 Å². The minimum atomic E-state index is -1.45. The van der Waals surface area contributed by atoms with Crippen LogP contribution in [-0.4, -0.2) is 88.1 Å². The third-order valence-electron chi connectivity index (χ3n) is 3.16. The molecule has 0 bridgehead atoms. The fraction of sp³-hybridized carbons (Fsp3) is 0.750. The number of carbonyl (C=O) groups is 4. The summed E-state index contributed by atoms with van der Waals surface area (Å²) in [6.07, 6.45) is 0.0692. The molecule has 0 aromatic rings. The van der Waals surface area contributed by atoms with Gasteiger partial charge in [0.1, 0.15) is 18.1 Å². The second-order valence-corrected chi connectivity index (χ2v) is 6.82. The largest absolute Gasteiger partial charge is 2.00 e. The van der Waals surface area contributed by atoms with E-state index in [1.54, 1.807) is 0 Å². The summed E-state index contributed by atoms with van der Waals surface area (Å²) in [5, 5.41) is 0. The quantitative estimate of drug-likeness (QED) is 0.201. The Hall–Kier alpha value is 0.731. The molecule has 0 amide bonds. The average molecular weight is 524 g/mol. The first-order valence-electron chi connectivity index (χ1n) is 8.20. The van der Waals surface area contributed by atoms with Gasteiger partial charge < -0.3 is 32.4 Å². The van der Waals surface area contributed by atoms with Crippen LogP contribution in [0.25, 0.3) is 0 Å². The predicted molar refractivity (Wildman–Crippen MR) is 106 cm³/mol. The predicted octanol–water partition coefficient (Wildman–Crippen LogP) is -0.726. The van der Waals surface area contributed by atoms with Crippen molar-refractivity contribution < 1.29 is 68.5 Å². The van der Waals surface area contributed by atoms with Gasteiger partial charge in [0.25, 0.3) is 0 Å². The van der Waals surface area contributed by atoms with Crippen molar-refractivity contribution in [2.75, 3.05) is 0 Å². The number of rotatable bonds is 9. The molecule has 0 fully saturated rings. The molecule has 0 radical (unpaired) electrons. The number of hydrogen-bond acceptors (Lipinski definition) is 9. The Bertz CT molecular complexity index is 531. The maximum absolute atomic E-state index is 11.7. The normalized spacial score (nSPS) is 12.7. The Kier molecular flexibility index (Phi) is 28.5. The number of carbonyl (C=O) groups excluding carboxylic acids is 4. The molecule has 168 valence electrons. The topological polar surface area (TPSA) is 165 Å². The average Bonchev–Trinajstić information content (AvgIpc) is 2.45. The van der Waals surface area contributed by atoms with Gasteiger partial charge in [0.2, 0.25) is 0 Å². The van der Waals surface area contributed by atoms with Gasteiger partial charge in [0.15, 0.2) is 0 Å². The van der Waals surface area contributed by atoms with E-state index < -0.39 is 48.4 Å². The summed E-state index contributed by atoms with van der Waals surface area (Å²) < 4.78 is 9.07. The van der Waals surface area contributed by atoms with E-state index in [4.69, 9.17) is 17.2 Å². The van der Waals surface area contributed by atoms with Crippen molar-refractivity contribution in [1.82, 2.24) is 0 Å². The molecule has 29 heavy (non-hydrogen) atoms. The van der Waals surface area contributed by atoms with Gasteiger partial charge in [-0.05, 0) is 24.7 Å². The van der Waals surface area contributed by atoms with E-state index in [9.17, 15) is 19.2 Å². The number of ether oxygens (including phenoxy) is 2. The van der Waals surface area contributed by atoms with Crippen LogP contribution < -0.4 is 17.2 Å². The molecule has 0 aromatic carbocycles. The number of nitrogens with two attached hydrogens (primary N) is 3. The molecule has 0 aliphatic carbocycles. The molecular formula is C16H33Fe2Mg2N3O6. The van der Waals surface area contributed by atoms with Crippen LogP contribution in [0.3, 0.4) is 0 Å². The maximum Gasteiger partial charge on any atom is 2.00 e. The summed E-state index contributed by atoms with van der Waals surface area (Å²) in [5.74, 6) is -3.65. The van der Waals surface area contributed by atoms with E-state index in [0.717, 1.165) is 0 Å². The summed E-state index contributed by atoms with van der Waals surface area (Å²) in [6, 6.07) is -3.35. The summed E-state index contributed by atoms with van der Waals surface area (Å²) in [4.78, 5) is 46.6. The van der Waals surface area contributed by atoms with Crippen molar-refractivity contribution >= 4 is 70.0 Å². The zero-order valence-corrected chi connectivity index (χ0v) is 22.3. The Morgan fingerprint density at radius 2 is 1.00 bits per heavy atom. The van der Waals surface area contributed by atoms with Gasteiger partial charge in [-0.1, -0.05) is 27.7 Å². The van der Waals surface area contributed by atoms with Crippen molar-refractivity contribution in [3.63, 3.8) is 0 Å². The van der Waals surface area contributed by atoms with E-state index in [1.165, 1.54) is 0 Å². The van der Waals surface area contributed by atoms with E-state index in [1.807, 2.05) is 27.7 Å². The Labute approximate surface area is 231 Å². The molecule has 3 atom stereocenters. The zero-order valence-electron chi connectivity index (χ0n) is 21.3. The fourth-order valence-corrected chi connectivity index (χ4v) is 1.95. The van der Waals surface area contributed by atoms with Crippen LogP contribution in [0.4, 0.5) is 0 Å². The molecule has 0 saturated carbocycles. The molecule has 0 aliphatic heterocycles. The molecule has 6 N–H and O–H groups in total. The molecular weight excluding hydrogens is 490 g/mol. The molecule has 0 saturated heterocycles. The summed E-state index contributed by atoms with van der Waals surface area (Å²) in [5.41, 5.74) is 16.7. The first kappa shape index (κ1) is 40.1. The Morgan fingerprint density at radius 3 is 1.34 bits per heavy atom. The van der Waals surface area contributed by atoms with Crippen molar-refractivity contribution in [3.8, 4) is 0 Å². The first-order chi connectivity index (χ1) is 11.4. The molecule has 0 spiro atoms. The Morgan fingerprint density at radius 1 is 0.690 bits per heavy atom. The molecule has 9 nitrogen and oxygen atoms in total. The second-order valence-electron chi connectivity index (χ2n) is 6.82. The summed E-state index contributed by atoms with van der Waals surface area (Å²) in [7, 11) is 0. The third kappa shape index (κ3) is 19.2. The smallest absolute Gasteiger partial charge is 1.00 e. The maximum atomic E-state index is 11.7. The molecule has 13 heteroatoms. The van der Waals surface area contributed by atoms with E-state index in [-0.39, 0.29) is 97.8 Å². The van der Waals surface area contributed by atoms with Crippen LogP contribution >= 0.6 is 0 Å². The standard InChI is InChI=1S/C16H29N3O6.2Fe.2Mg.4H/c1-8(2)5-10(17)14(21)24-13(20)7-12(19)16(23)25-15(22)11(18)6-9(3)4;;;;;;;;/h8-12H,5-7,17-19H2,1-4H3;;;;;;;;/q;;;2*+2;4*-1/t10-,11-,12-;;;;;;;;/m0......../s1. The van der Waals surface area contributed by atoms with E-state index >= 15 is 0 Å². The number of esters is 4. The van der Waals surface area contributed by atoms with Crippen molar-refractivity contribution in [3.05, 3.63) is 0 Å². The van der Waals surface area contributed by atoms with Crippen LogP contribution in [0.2, 0.25) is 0 Å². The van der Waals surface area contributed by atoms with Gasteiger partial charge in [-0.3, -0.25) is 4.79 Å². The van der Waals surface area contributed by atoms with Gasteiger partial charge in [0, 0.05) is 34.1 Å². The van der Waals surface area contributed by atoms with Crippen molar-refractivity contribution in [2.24, 2.45) is 29.0 Å². The molecule has 0 rings (SSSR count). The Balaban J connectivity index is -0.000000103. The minimum absolute atomic E-state index is 0. The fourth-order valence-electron chi connectivity index (χ4n) is 1.95. The third-order valence-corrected chi connectivity index (χ3v) is 3.16. The van der Waals surface area contributed by atoms with Gasteiger partial charge >= 0.3 is 70.0 Å².